The number of rotatable bonds is 2. The maximum atomic E-state index is 12.7. The van der Waals surface area contributed by atoms with Crippen molar-refractivity contribution in [2.24, 2.45) is 11.8 Å². The van der Waals surface area contributed by atoms with Crippen LogP contribution in [0.1, 0.15) is 37.3 Å². The molecule has 130 valence electrons. The van der Waals surface area contributed by atoms with E-state index in [1.165, 1.54) is 11.1 Å². The van der Waals surface area contributed by atoms with Gasteiger partial charge in [-0.3, -0.25) is 4.79 Å². The molecule has 4 rings (SSSR count). The largest absolute Gasteiger partial charge is 0.493 e. The van der Waals surface area contributed by atoms with Crippen molar-refractivity contribution >= 4 is 5.78 Å². The van der Waals surface area contributed by atoms with Crippen LogP contribution in [-0.4, -0.2) is 44.5 Å². The number of fused-ring (bicyclic) bond motifs is 1. The average Bonchev–Trinajstić information content (AvgIpc) is 2.60. The Morgan fingerprint density at radius 1 is 1.25 bits per heavy atom. The fourth-order valence-corrected chi connectivity index (χ4v) is 5.85. The number of carbonyl (C=O) groups excluding carboxylic acids is 1. The molecule has 4 atom stereocenters. The number of ketones is 1. The molecule has 0 aromatic heterocycles. The third-order valence-electron chi connectivity index (χ3n) is 7.05. The molecule has 0 spiro atoms. The highest BCUT2D eigenvalue weighted by Gasteiger charge is 2.59. The predicted octanol–water partition coefficient (Wildman–Crippen LogP) is 2.82. The molecular formula is C20H27NO3. The van der Waals surface area contributed by atoms with Crippen LogP contribution in [0.4, 0.5) is 0 Å². The molecule has 2 aliphatic carbocycles. The van der Waals surface area contributed by atoms with E-state index in [1.54, 1.807) is 14.2 Å². The lowest BCUT2D eigenvalue weighted by molar-refractivity contribution is -0.134. The summed E-state index contributed by atoms with van der Waals surface area (Å²) in [6.07, 6.45) is 3.78. The zero-order valence-electron chi connectivity index (χ0n) is 15.1. The first-order valence-corrected chi connectivity index (χ1v) is 9.02. The van der Waals surface area contributed by atoms with Crippen molar-refractivity contribution in [3.8, 4) is 11.5 Å². The van der Waals surface area contributed by atoms with E-state index in [4.69, 9.17) is 9.47 Å². The molecule has 1 unspecified atom stereocenters. The molecule has 1 aromatic carbocycles. The molecule has 1 saturated heterocycles. The van der Waals surface area contributed by atoms with Crippen molar-refractivity contribution in [1.29, 1.82) is 0 Å². The molecule has 2 bridgehead atoms. The van der Waals surface area contributed by atoms with Gasteiger partial charge in [0.1, 0.15) is 5.78 Å². The van der Waals surface area contributed by atoms with E-state index < -0.39 is 0 Å². The summed E-state index contributed by atoms with van der Waals surface area (Å²) in [6, 6.07) is 4.73. The highest BCUT2D eigenvalue weighted by atomic mass is 16.5. The molecule has 0 N–H and O–H groups in total. The zero-order valence-corrected chi connectivity index (χ0v) is 15.1. The fraction of sp³-hybridized carbons (Fsp3) is 0.650. The van der Waals surface area contributed by atoms with Crippen molar-refractivity contribution in [3.63, 3.8) is 0 Å². The first-order valence-electron chi connectivity index (χ1n) is 9.02. The molecule has 4 heteroatoms. The Kier molecular flexibility index (Phi) is 3.64. The maximum absolute atomic E-state index is 12.7. The standard InChI is InChI=1S/C20H27NO3/c1-12-16(22)7-6-14-15-11-13-5-8-17(23-3)19(24-4)18(13)20(12,14)9-10-21(15)2/h5,8,12,14-15H,6-7,9-11H2,1-4H3/t12?,14-,15+,20-/m0/s1. The number of nitrogens with zero attached hydrogens (tertiary/aromatic N) is 1. The molecule has 24 heavy (non-hydrogen) atoms. The van der Waals surface area contributed by atoms with Gasteiger partial charge in [-0.05, 0) is 50.4 Å². The molecule has 3 aliphatic rings. The summed E-state index contributed by atoms with van der Waals surface area (Å²) in [5.41, 5.74) is 2.50. The van der Waals surface area contributed by atoms with E-state index in [2.05, 4.69) is 24.9 Å². The van der Waals surface area contributed by atoms with Gasteiger partial charge >= 0.3 is 0 Å². The van der Waals surface area contributed by atoms with E-state index in [0.717, 1.165) is 43.7 Å². The zero-order chi connectivity index (χ0) is 17.1. The number of benzene rings is 1. The molecule has 0 radical (unpaired) electrons. The van der Waals surface area contributed by atoms with Crippen molar-refractivity contribution in [2.75, 3.05) is 27.8 Å². The summed E-state index contributed by atoms with van der Waals surface area (Å²) in [5.74, 6) is 2.62. The van der Waals surface area contributed by atoms with Crippen molar-refractivity contribution < 1.29 is 14.3 Å². The second-order valence-corrected chi connectivity index (χ2v) is 7.71. The molecule has 1 aliphatic heterocycles. The lowest BCUT2D eigenvalue weighted by Gasteiger charge is -2.60. The van der Waals surface area contributed by atoms with Gasteiger partial charge in [-0.2, -0.15) is 0 Å². The normalized spacial score (nSPS) is 35.2. The van der Waals surface area contributed by atoms with Gasteiger partial charge in [0.2, 0.25) is 0 Å². The summed E-state index contributed by atoms with van der Waals surface area (Å²) in [7, 11) is 5.65. The lowest BCUT2D eigenvalue weighted by atomic mass is 9.48. The molecule has 1 saturated carbocycles. The van der Waals surface area contributed by atoms with Gasteiger partial charge in [0.25, 0.3) is 0 Å². The summed E-state index contributed by atoms with van der Waals surface area (Å²) in [5, 5.41) is 0. The number of piperidine rings is 1. The Morgan fingerprint density at radius 3 is 2.75 bits per heavy atom. The van der Waals surface area contributed by atoms with Gasteiger partial charge < -0.3 is 14.4 Å². The first-order chi connectivity index (χ1) is 11.5. The molecule has 4 nitrogen and oxygen atoms in total. The van der Waals surface area contributed by atoms with E-state index >= 15 is 0 Å². The van der Waals surface area contributed by atoms with E-state index in [0.29, 0.717) is 17.7 Å². The number of carbonyl (C=O) groups is 1. The summed E-state index contributed by atoms with van der Waals surface area (Å²) >= 11 is 0. The lowest BCUT2D eigenvalue weighted by Crippen LogP contribution is -2.64. The van der Waals surface area contributed by atoms with Gasteiger partial charge in [-0.15, -0.1) is 0 Å². The third kappa shape index (κ3) is 1.86. The van der Waals surface area contributed by atoms with E-state index in [9.17, 15) is 4.79 Å². The Morgan fingerprint density at radius 2 is 2.04 bits per heavy atom. The minimum Gasteiger partial charge on any atom is -0.493 e. The van der Waals surface area contributed by atoms with Crippen LogP contribution in [0.25, 0.3) is 0 Å². The predicted molar refractivity (Wildman–Crippen MR) is 92.9 cm³/mol. The minimum absolute atomic E-state index is 0.0486. The number of hydrogen-bond acceptors (Lipinski definition) is 4. The second kappa shape index (κ2) is 5.48. The minimum atomic E-state index is -0.0972. The first kappa shape index (κ1) is 15.9. The average molecular weight is 329 g/mol. The van der Waals surface area contributed by atoms with Crippen LogP contribution in [0.15, 0.2) is 12.1 Å². The molecule has 0 amide bonds. The van der Waals surface area contributed by atoms with Crippen LogP contribution in [0, 0.1) is 11.8 Å². The van der Waals surface area contributed by atoms with Crippen LogP contribution in [0.2, 0.25) is 0 Å². The smallest absolute Gasteiger partial charge is 0.164 e. The van der Waals surface area contributed by atoms with Gasteiger partial charge in [0, 0.05) is 29.4 Å². The Hall–Kier alpha value is -1.55. The Bertz CT molecular complexity index is 686. The summed E-state index contributed by atoms with van der Waals surface area (Å²) in [4.78, 5) is 15.2. The number of ether oxygens (including phenoxy) is 2. The topological polar surface area (TPSA) is 38.8 Å². The van der Waals surface area contributed by atoms with Crippen molar-refractivity contribution in [2.45, 2.75) is 44.1 Å². The van der Waals surface area contributed by atoms with E-state index in [1.807, 2.05) is 6.07 Å². The molecule has 1 aromatic rings. The van der Waals surface area contributed by atoms with Gasteiger partial charge in [0.05, 0.1) is 14.2 Å². The third-order valence-corrected chi connectivity index (χ3v) is 7.05. The maximum Gasteiger partial charge on any atom is 0.164 e. The number of methoxy groups -OCH3 is 2. The van der Waals surface area contributed by atoms with Crippen molar-refractivity contribution in [3.05, 3.63) is 23.3 Å². The summed E-state index contributed by atoms with van der Waals surface area (Å²) < 4.78 is 11.4. The number of hydrogen-bond donors (Lipinski definition) is 0. The van der Waals surface area contributed by atoms with E-state index in [-0.39, 0.29) is 11.3 Å². The van der Waals surface area contributed by atoms with Crippen LogP contribution in [-0.2, 0) is 16.6 Å². The van der Waals surface area contributed by atoms with Gasteiger partial charge in [-0.1, -0.05) is 13.0 Å². The SMILES string of the molecule is COc1ccc2c(c1OC)[C@]13CCN(C)[C@H](C2)[C@@H]1CCC(=O)C3C. The highest BCUT2D eigenvalue weighted by molar-refractivity contribution is 5.84. The van der Waals surface area contributed by atoms with Crippen LogP contribution in [0.5, 0.6) is 11.5 Å². The van der Waals surface area contributed by atoms with Crippen LogP contribution >= 0.6 is 0 Å². The number of likely N-dealkylation sites (tertiary alicyclic amines) is 1. The Labute approximate surface area is 144 Å². The fourth-order valence-electron chi connectivity index (χ4n) is 5.85. The van der Waals surface area contributed by atoms with Gasteiger partial charge in [0.15, 0.2) is 11.5 Å². The quantitative estimate of drug-likeness (QED) is 0.836. The van der Waals surface area contributed by atoms with Crippen LogP contribution < -0.4 is 9.47 Å². The van der Waals surface area contributed by atoms with Crippen LogP contribution in [0.3, 0.4) is 0 Å². The summed E-state index contributed by atoms with van der Waals surface area (Å²) in [6.45, 7) is 3.18. The monoisotopic (exact) mass is 329 g/mol. The second-order valence-electron chi connectivity index (χ2n) is 7.71. The molecule has 1 heterocycles. The molecular weight excluding hydrogens is 302 g/mol. The Balaban J connectivity index is 2.01. The molecule has 2 fully saturated rings. The van der Waals surface area contributed by atoms with Gasteiger partial charge in [-0.25, -0.2) is 0 Å². The number of likely N-dealkylation sites (N-methyl/N-ethyl adjacent to an activating group) is 1. The highest BCUT2D eigenvalue weighted by Crippen LogP contribution is 2.60. The van der Waals surface area contributed by atoms with Crippen molar-refractivity contribution in [1.82, 2.24) is 4.90 Å². The number of Topliss-reactive ketones (excluding diaryl/α,β-unsaturated/α-hetero) is 1.